The van der Waals surface area contributed by atoms with Gasteiger partial charge in [0.05, 0.1) is 0 Å². The van der Waals surface area contributed by atoms with Crippen LogP contribution < -0.4 is 0 Å². The van der Waals surface area contributed by atoms with E-state index in [1.54, 1.807) is 0 Å². The molecule has 18 heavy (non-hydrogen) atoms. The number of piperidine rings is 1. The minimum atomic E-state index is -0.340. The Morgan fingerprint density at radius 2 is 2.28 bits per heavy atom. The van der Waals surface area contributed by atoms with Crippen LogP contribution in [-0.4, -0.2) is 39.7 Å². The first-order valence-corrected chi connectivity index (χ1v) is 7.15. The maximum absolute atomic E-state index is 10.1. The molecule has 0 amide bonds. The van der Waals surface area contributed by atoms with Gasteiger partial charge in [-0.1, -0.05) is 0 Å². The molecule has 0 aliphatic carbocycles. The Bertz CT molecular complexity index is 415. The van der Waals surface area contributed by atoms with E-state index in [0.717, 1.165) is 38.1 Å². The minimum Gasteiger partial charge on any atom is -0.373 e. The van der Waals surface area contributed by atoms with Crippen molar-refractivity contribution in [1.82, 2.24) is 14.5 Å². The third kappa shape index (κ3) is 2.31. The third-order valence-corrected chi connectivity index (χ3v) is 4.34. The van der Waals surface area contributed by atoms with Crippen molar-refractivity contribution in [2.24, 2.45) is 5.92 Å². The molecule has 2 unspecified atom stereocenters. The van der Waals surface area contributed by atoms with Crippen LogP contribution in [-0.2, 0) is 12.8 Å². The molecule has 1 fully saturated rings. The summed E-state index contributed by atoms with van der Waals surface area (Å²) in [6.45, 7) is 2.39. The van der Waals surface area contributed by atoms with Crippen molar-refractivity contribution in [3.05, 3.63) is 17.7 Å². The van der Waals surface area contributed by atoms with Gasteiger partial charge >= 0.3 is 0 Å². The van der Waals surface area contributed by atoms with Crippen molar-refractivity contribution in [1.29, 1.82) is 0 Å². The van der Waals surface area contributed by atoms with Crippen LogP contribution in [0.4, 0.5) is 0 Å². The number of hydrogen-bond acceptors (Lipinski definition) is 3. The van der Waals surface area contributed by atoms with Gasteiger partial charge in [-0.25, -0.2) is 4.98 Å². The van der Waals surface area contributed by atoms with Crippen LogP contribution >= 0.6 is 0 Å². The fraction of sp³-hybridized carbons (Fsp3) is 0.786. The van der Waals surface area contributed by atoms with E-state index in [9.17, 15) is 5.11 Å². The molecular formula is C14H23N3O. The molecule has 1 aromatic heterocycles. The van der Waals surface area contributed by atoms with Gasteiger partial charge in [-0.2, -0.15) is 0 Å². The molecule has 0 spiro atoms. The van der Waals surface area contributed by atoms with Crippen LogP contribution in [0.25, 0.3) is 0 Å². The number of aryl methyl sites for hydroxylation is 1. The molecular weight excluding hydrogens is 226 g/mol. The zero-order chi connectivity index (χ0) is 12.5. The Hall–Kier alpha value is -0.870. The highest BCUT2D eigenvalue weighted by atomic mass is 16.3. The number of nitrogens with zero attached hydrogens (tertiary/aromatic N) is 3. The summed E-state index contributed by atoms with van der Waals surface area (Å²) in [5.74, 6) is 1.79. The van der Waals surface area contributed by atoms with Crippen LogP contribution in [0.3, 0.4) is 0 Å². The first-order chi connectivity index (χ1) is 8.74. The van der Waals surface area contributed by atoms with Crippen molar-refractivity contribution in [3.8, 4) is 0 Å². The number of imidazole rings is 1. The number of likely N-dealkylation sites (tertiary alicyclic amines) is 1. The zero-order valence-electron chi connectivity index (χ0n) is 11.2. The molecule has 2 atom stereocenters. The van der Waals surface area contributed by atoms with E-state index >= 15 is 0 Å². The summed E-state index contributed by atoms with van der Waals surface area (Å²) in [5.41, 5.74) is 1.22. The van der Waals surface area contributed by atoms with Crippen molar-refractivity contribution < 1.29 is 5.11 Å². The normalized spacial score (nSPS) is 29.2. The molecule has 2 aliphatic heterocycles. The van der Waals surface area contributed by atoms with Gasteiger partial charge in [-0.3, -0.25) is 0 Å². The van der Waals surface area contributed by atoms with Crippen LogP contribution in [0, 0.1) is 5.92 Å². The summed E-state index contributed by atoms with van der Waals surface area (Å²) in [5, 5.41) is 10.1. The number of rotatable bonds is 2. The number of aliphatic hydroxyl groups excluding tert-OH is 1. The number of aromatic nitrogens is 2. The maximum atomic E-state index is 10.1. The molecule has 0 bridgehead atoms. The lowest BCUT2D eigenvalue weighted by Gasteiger charge is -2.30. The van der Waals surface area contributed by atoms with Gasteiger partial charge in [0.15, 0.2) is 0 Å². The van der Waals surface area contributed by atoms with Gasteiger partial charge in [0.25, 0.3) is 0 Å². The van der Waals surface area contributed by atoms with Crippen LogP contribution in [0.1, 0.15) is 43.4 Å². The maximum Gasteiger partial charge on any atom is 0.132 e. The Morgan fingerprint density at radius 1 is 1.39 bits per heavy atom. The van der Waals surface area contributed by atoms with Gasteiger partial charge in [-0.05, 0) is 51.6 Å². The molecule has 1 saturated heterocycles. The van der Waals surface area contributed by atoms with Gasteiger partial charge < -0.3 is 14.6 Å². The van der Waals surface area contributed by atoms with Gasteiger partial charge in [-0.15, -0.1) is 0 Å². The molecule has 100 valence electrons. The lowest BCUT2D eigenvalue weighted by Crippen LogP contribution is -2.33. The molecule has 2 aliphatic rings. The number of fused-ring (bicyclic) bond motifs is 1. The first-order valence-electron chi connectivity index (χ1n) is 7.15. The Balaban J connectivity index is 1.75. The molecule has 3 rings (SSSR count). The highest BCUT2D eigenvalue weighted by molar-refractivity contribution is 5.10. The molecule has 0 radical (unpaired) electrons. The van der Waals surface area contributed by atoms with Crippen molar-refractivity contribution in [2.75, 3.05) is 20.1 Å². The second-order valence-corrected chi connectivity index (χ2v) is 5.88. The SMILES string of the molecule is CN1CCCC(Cc2ncc3n2C(O)CCC3)C1. The first kappa shape index (κ1) is 12.2. The van der Waals surface area contributed by atoms with E-state index in [1.165, 1.54) is 25.1 Å². The predicted molar refractivity (Wildman–Crippen MR) is 70.3 cm³/mol. The van der Waals surface area contributed by atoms with E-state index in [1.807, 2.05) is 6.20 Å². The average Bonchev–Trinajstić information content (AvgIpc) is 2.74. The zero-order valence-corrected chi connectivity index (χ0v) is 11.2. The monoisotopic (exact) mass is 249 g/mol. The van der Waals surface area contributed by atoms with Crippen molar-refractivity contribution in [3.63, 3.8) is 0 Å². The summed E-state index contributed by atoms with van der Waals surface area (Å²) < 4.78 is 2.08. The number of aliphatic hydroxyl groups is 1. The largest absolute Gasteiger partial charge is 0.373 e. The molecule has 3 heterocycles. The van der Waals surface area contributed by atoms with Crippen molar-refractivity contribution >= 4 is 0 Å². The third-order valence-electron chi connectivity index (χ3n) is 4.34. The summed E-state index contributed by atoms with van der Waals surface area (Å²) in [6, 6.07) is 0. The van der Waals surface area contributed by atoms with Crippen LogP contribution in [0.2, 0.25) is 0 Å². The highest BCUT2D eigenvalue weighted by Gasteiger charge is 2.24. The summed E-state index contributed by atoms with van der Waals surface area (Å²) in [7, 11) is 2.20. The van der Waals surface area contributed by atoms with Crippen LogP contribution in [0.15, 0.2) is 6.20 Å². The van der Waals surface area contributed by atoms with E-state index in [2.05, 4.69) is 21.5 Å². The second kappa shape index (κ2) is 5.02. The van der Waals surface area contributed by atoms with E-state index < -0.39 is 0 Å². The average molecular weight is 249 g/mol. The Labute approximate surface area is 109 Å². The molecule has 4 heteroatoms. The topological polar surface area (TPSA) is 41.3 Å². The number of hydrogen-bond donors (Lipinski definition) is 1. The predicted octanol–water partition coefficient (Wildman–Crippen LogP) is 1.59. The highest BCUT2D eigenvalue weighted by Crippen LogP contribution is 2.27. The summed E-state index contributed by atoms with van der Waals surface area (Å²) in [4.78, 5) is 6.96. The Morgan fingerprint density at radius 3 is 3.11 bits per heavy atom. The molecule has 0 saturated carbocycles. The summed E-state index contributed by atoms with van der Waals surface area (Å²) in [6.07, 6.45) is 8.24. The second-order valence-electron chi connectivity index (χ2n) is 5.88. The smallest absolute Gasteiger partial charge is 0.132 e. The molecule has 1 aromatic rings. The molecule has 4 nitrogen and oxygen atoms in total. The standard InChI is InChI=1S/C14H23N3O/c1-16-7-3-4-11(10-16)8-13-15-9-12-5-2-6-14(18)17(12)13/h9,11,14,18H,2-8,10H2,1H3. The van der Waals surface area contributed by atoms with E-state index in [4.69, 9.17) is 0 Å². The lowest BCUT2D eigenvalue weighted by atomic mass is 9.94. The van der Waals surface area contributed by atoms with E-state index in [-0.39, 0.29) is 6.23 Å². The quantitative estimate of drug-likeness (QED) is 0.865. The lowest BCUT2D eigenvalue weighted by molar-refractivity contribution is 0.0742. The van der Waals surface area contributed by atoms with Gasteiger partial charge in [0.2, 0.25) is 0 Å². The fourth-order valence-electron chi connectivity index (χ4n) is 3.43. The van der Waals surface area contributed by atoms with Gasteiger partial charge in [0.1, 0.15) is 12.1 Å². The summed E-state index contributed by atoms with van der Waals surface area (Å²) >= 11 is 0. The fourth-order valence-corrected chi connectivity index (χ4v) is 3.43. The van der Waals surface area contributed by atoms with E-state index in [0.29, 0.717) is 5.92 Å². The molecule has 1 N–H and O–H groups in total. The molecule has 0 aromatic carbocycles. The Kier molecular flexibility index (Phi) is 3.39. The van der Waals surface area contributed by atoms with Crippen molar-refractivity contribution in [2.45, 2.75) is 44.8 Å². The van der Waals surface area contributed by atoms with Crippen LogP contribution in [0.5, 0.6) is 0 Å². The minimum absolute atomic E-state index is 0.340. The van der Waals surface area contributed by atoms with Gasteiger partial charge in [0, 0.05) is 24.9 Å².